The number of carbonyl (C=O) groups excluding carboxylic acids is 1. The summed E-state index contributed by atoms with van der Waals surface area (Å²) in [7, 11) is 1.92. The molecule has 1 saturated heterocycles. The topological polar surface area (TPSA) is 88.8 Å². The summed E-state index contributed by atoms with van der Waals surface area (Å²) in [5.74, 6) is 1.84. The first-order chi connectivity index (χ1) is 15.5. The van der Waals surface area contributed by atoms with Crippen LogP contribution in [0.5, 0.6) is 0 Å². The van der Waals surface area contributed by atoms with Gasteiger partial charge in [0.1, 0.15) is 5.82 Å². The summed E-state index contributed by atoms with van der Waals surface area (Å²) in [6.07, 6.45) is 8.20. The molecule has 4 rings (SSSR count). The smallest absolute Gasteiger partial charge is 0.246 e. The molecule has 0 aromatic carbocycles. The number of anilines is 2. The molecule has 3 aromatic heterocycles. The van der Waals surface area contributed by atoms with Crippen molar-refractivity contribution in [2.75, 3.05) is 18.4 Å². The monoisotopic (exact) mass is 431 g/mol. The maximum Gasteiger partial charge on any atom is 0.246 e. The number of hydrogen-bond donors (Lipinski definition) is 1. The quantitative estimate of drug-likeness (QED) is 0.601. The number of hydrogen-bond acceptors (Lipinski definition) is 6. The zero-order chi connectivity index (χ0) is 22.5. The van der Waals surface area contributed by atoms with E-state index in [4.69, 9.17) is 0 Å². The lowest BCUT2D eigenvalue weighted by molar-refractivity contribution is -0.127. The molecule has 3 aromatic rings. The SMILES string of the molecule is Cc1nn(C)c(C)c1/C=C/C(=O)N1CCC[C@@H](Cc2ccc(Nc3ccccn3)nn2)C1. The van der Waals surface area contributed by atoms with Gasteiger partial charge in [0, 0.05) is 43.7 Å². The lowest BCUT2D eigenvalue weighted by Crippen LogP contribution is -2.39. The molecule has 0 saturated carbocycles. The van der Waals surface area contributed by atoms with Crippen LogP contribution < -0.4 is 5.32 Å². The average molecular weight is 432 g/mol. The lowest BCUT2D eigenvalue weighted by atomic mass is 9.93. The van der Waals surface area contributed by atoms with Crippen molar-refractivity contribution in [2.24, 2.45) is 13.0 Å². The van der Waals surface area contributed by atoms with E-state index in [0.29, 0.717) is 11.7 Å². The zero-order valence-electron chi connectivity index (χ0n) is 18.8. The highest BCUT2D eigenvalue weighted by Crippen LogP contribution is 2.21. The van der Waals surface area contributed by atoms with Crippen LogP contribution in [-0.4, -0.2) is 48.9 Å². The molecule has 0 unspecified atom stereocenters. The fraction of sp³-hybridized carbons (Fsp3) is 0.375. The van der Waals surface area contributed by atoms with E-state index in [1.165, 1.54) is 0 Å². The van der Waals surface area contributed by atoms with E-state index < -0.39 is 0 Å². The second-order valence-electron chi connectivity index (χ2n) is 8.29. The number of nitrogens with zero attached hydrogens (tertiary/aromatic N) is 6. The second-order valence-corrected chi connectivity index (χ2v) is 8.29. The summed E-state index contributed by atoms with van der Waals surface area (Å²) in [5.41, 5.74) is 3.95. The molecule has 0 aliphatic carbocycles. The van der Waals surface area contributed by atoms with Crippen molar-refractivity contribution in [3.63, 3.8) is 0 Å². The Kier molecular flexibility index (Phi) is 6.58. The third-order valence-electron chi connectivity index (χ3n) is 5.93. The first kappa shape index (κ1) is 21.7. The molecule has 1 fully saturated rings. The lowest BCUT2D eigenvalue weighted by Gasteiger charge is -2.32. The van der Waals surface area contributed by atoms with Crippen LogP contribution in [0.4, 0.5) is 11.6 Å². The minimum Gasteiger partial charge on any atom is -0.339 e. The summed E-state index contributed by atoms with van der Waals surface area (Å²) in [6, 6.07) is 9.59. The second kappa shape index (κ2) is 9.72. The van der Waals surface area contributed by atoms with Gasteiger partial charge in [-0.2, -0.15) is 10.2 Å². The van der Waals surface area contributed by atoms with Crippen LogP contribution in [0, 0.1) is 19.8 Å². The van der Waals surface area contributed by atoms with Gasteiger partial charge in [0.05, 0.1) is 11.4 Å². The number of piperidine rings is 1. The molecule has 4 heterocycles. The van der Waals surface area contributed by atoms with Crippen LogP contribution in [0.2, 0.25) is 0 Å². The number of carbonyl (C=O) groups is 1. The standard InChI is InChI=1S/C24H29N7O/c1-17-21(18(2)30(3)29-17)10-12-24(32)31-14-6-7-19(16-31)15-20-9-11-23(28-27-20)26-22-8-4-5-13-25-22/h4-5,8-13,19H,6-7,14-16H2,1-3H3,(H,25,26,28)/b12-10+/t19-/m0/s1. The Morgan fingerprint density at radius 1 is 1.19 bits per heavy atom. The molecule has 0 spiro atoms. The minimum atomic E-state index is 0.0540. The number of aromatic nitrogens is 5. The van der Waals surface area contributed by atoms with Gasteiger partial charge in [0.15, 0.2) is 5.82 Å². The molecule has 1 amide bonds. The molecule has 0 bridgehead atoms. The van der Waals surface area contributed by atoms with Crippen LogP contribution in [0.15, 0.2) is 42.6 Å². The largest absolute Gasteiger partial charge is 0.339 e. The Hall–Kier alpha value is -3.55. The van der Waals surface area contributed by atoms with Crippen molar-refractivity contribution in [3.8, 4) is 0 Å². The summed E-state index contributed by atoms with van der Waals surface area (Å²) in [4.78, 5) is 19.0. The number of pyridine rings is 1. The highest BCUT2D eigenvalue weighted by Gasteiger charge is 2.23. The van der Waals surface area contributed by atoms with Crippen LogP contribution in [0.25, 0.3) is 6.08 Å². The molecule has 1 atom stereocenters. The maximum atomic E-state index is 12.8. The fourth-order valence-electron chi connectivity index (χ4n) is 4.12. The Morgan fingerprint density at radius 2 is 2.06 bits per heavy atom. The molecule has 1 aliphatic rings. The fourth-order valence-corrected chi connectivity index (χ4v) is 4.12. The van der Waals surface area contributed by atoms with Gasteiger partial charge in [-0.15, -0.1) is 5.10 Å². The van der Waals surface area contributed by atoms with E-state index in [0.717, 1.165) is 60.8 Å². The normalized spacial score (nSPS) is 16.5. The number of aryl methyl sites for hydroxylation is 2. The van der Waals surface area contributed by atoms with Gasteiger partial charge in [0.2, 0.25) is 5.91 Å². The number of rotatable bonds is 6. The molecule has 166 valence electrons. The van der Waals surface area contributed by atoms with E-state index in [2.05, 4.69) is 25.6 Å². The van der Waals surface area contributed by atoms with Gasteiger partial charge in [-0.05, 0) is 69.4 Å². The Bertz CT molecular complexity index is 1090. The molecule has 1 N–H and O–H groups in total. The van der Waals surface area contributed by atoms with Crippen molar-refractivity contribution < 1.29 is 4.79 Å². The summed E-state index contributed by atoms with van der Waals surface area (Å²) >= 11 is 0. The average Bonchev–Trinajstić information content (AvgIpc) is 3.05. The molecular weight excluding hydrogens is 402 g/mol. The highest BCUT2D eigenvalue weighted by molar-refractivity contribution is 5.92. The van der Waals surface area contributed by atoms with Gasteiger partial charge in [-0.25, -0.2) is 4.98 Å². The predicted octanol–water partition coefficient (Wildman–Crippen LogP) is 3.46. The van der Waals surface area contributed by atoms with E-state index in [-0.39, 0.29) is 5.91 Å². The van der Waals surface area contributed by atoms with Gasteiger partial charge in [0.25, 0.3) is 0 Å². The Morgan fingerprint density at radius 3 is 2.75 bits per heavy atom. The Balaban J connectivity index is 1.33. The van der Waals surface area contributed by atoms with E-state index >= 15 is 0 Å². The van der Waals surface area contributed by atoms with Crippen molar-refractivity contribution >= 4 is 23.6 Å². The predicted molar refractivity (Wildman–Crippen MR) is 124 cm³/mol. The van der Waals surface area contributed by atoms with E-state index in [1.807, 2.05) is 66.9 Å². The maximum absolute atomic E-state index is 12.8. The van der Waals surface area contributed by atoms with E-state index in [1.54, 1.807) is 12.3 Å². The molecule has 8 heteroatoms. The van der Waals surface area contributed by atoms with Crippen molar-refractivity contribution in [1.82, 2.24) is 29.9 Å². The van der Waals surface area contributed by atoms with Gasteiger partial charge in [-0.3, -0.25) is 9.48 Å². The van der Waals surface area contributed by atoms with Crippen LogP contribution in [-0.2, 0) is 18.3 Å². The van der Waals surface area contributed by atoms with Gasteiger partial charge < -0.3 is 10.2 Å². The Labute approximate surface area is 188 Å². The number of amides is 1. The molecule has 32 heavy (non-hydrogen) atoms. The van der Waals surface area contributed by atoms with Gasteiger partial charge >= 0.3 is 0 Å². The first-order valence-corrected chi connectivity index (χ1v) is 11.0. The van der Waals surface area contributed by atoms with E-state index in [9.17, 15) is 4.79 Å². The summed E-state index contributed by atoms with van der Waals surface area (Å²) < 4.78 is 1.84. The summed E-state index contributed by atoms with van der Waals surface area (Å²) in [6.45, 7) is 5.51. The van der Waals surface area contributed by atoms with Crippen LogP contribution in [0.1, 0.15) is 35.5 Å². The van der Waals surface area contributed by atoms with Crippen LogP contribution >= 0.6 is 0 Å². The third-order valence-corrected chi connectivity index (χ3v) is 5.93. The summed E-state index contributed by atoms with van der Waals surface area (Å²) in [5, 5.41) is 16.2. The zero-order valence-corrected chi connectivity index (χ0v) is 18.8. The molecule has 0 radical (unpaired) electrons. The van der Waals surface area contributed by atoms with Crippen molar-refractivity contribution in [3.05, 3.63) is 65.2 Å². The first-order valence-electron chi connectivity index (χ1n) is 11.0. The van der Waals surface area contributed by atoms with Crippen LogP contribution in [0.3, 0.4) is 0 Å². The minimum absolute atomic E-state index is 0.0540. The molecular formula is C24H29N7O. The molecule has 1 aliphatic heterocycles. The van der Waals surface area contributed by atoms with Crippen molar-refractivity contribution in [1.29, 1.82) is 0 Å². The third kappa shape index (κ3) is 5.19. The molecule has 8 nitrogen and oxygen atoms in total. The van der Waals surface area contributed by atoms with Crippen molar-refractivity contribution in [2.45, 2.75) is 33.1 Å². The number of nitrogens with one attached hydrogen (secondary N) is 1. The highest BCUT2D eigenvalue weighted by atomic mass is 16.2. The van der Waals surface area contributed by atoms with Gasteiger partial charge in [-0.1, -0.05) is 6.07 Å². The number of likely N-dealkylation sites (tertiary alicyclic amines) is 1.